The van der Waals surface area contributed by atoms with E-state index in [1.165, 1.54) is 6.33 Å². The Labute approximate surface area is 150 Å². The topological polar surface area (TPSA) is 82.2 Å². The van der Waals surface area contributed by atoms with E-state index >= 15 is 0 Å². The number of nitrogens with zero attached hydrogens (tertiary/aromatic N) is 6. The number of benzene rings is 1. The maximum absolute atomic E-state index is 5.18. The summed E-state index contributed by atoms with van der Waals surface area (Å²) in [4.78, 5) is 8.58. The third kappa shape index (κ3) is 3.27. The Morgan fingerprint density at radius 1 is 1.15 bits per heavy atom. The Morgan fingerprint density at radius 3 is 2.88 bits per heavy atom. The first-order chi connectivity index (χ1) is 12.7. The van der Waals surface area contributed by atoms with Crippen molar-refractivity contribution in [3.8, 4) is 11.1 Å². The molecule has 1 aromatic carbocycles. The first-order valence-electron chi connectivity index (χ1n) is 8.23. The number of ether oxygens (including phenoxy) is 1. The van der Waals surface area contributed by atoms with Gasteiger partial charge in [-0.2, -0.15) is 19.7 Å². The summed E-state index contributed by atoms with van der Waals surface area (Å²) in [5.41, 5.74) is 4.20. The standard InChI is InChI=1S/C18H19N7O/c1-24-10-15(9-21-24)14-5-3-4-13(6-14)8-19-17-7-16(11-26-2)23-18-20-12-22-25(17)18/h3-7,9-10,12,19H,8,11H2,1-2H3. The summed E-state index contributed by atoms with van der Waals surface area (Å²) in [6.07, 6.45) is 5.36. The average molecular weight is 349 g/mol. The molecule has 0 unspecified atom stereocenters. The van der Waals surface area contributed by atoms with Crippen molar-refractivity contribution in [3.05, 3.63) is 60.3 Å². The van der Waals surface area contributed by atoms with Crippen molar-refractivity contribution in [3.63, 3.8) is 0 Å². The molecule has 0 saturated carbocycles. The third-order valence-electron chi connectivity index (χ3n) is 4.04. The molecule has 3 aromatic heterocycles. The highest BCUT2D eigenvalue weighted by atomic mass is 16.5. The van der Waals surface area contributed by atoms with Crippen LogP contribution in [0.3, 0.4) is 0 Å². The Kier molecular flexibility index (Phi) is 4.32. The number of nitrogens with one attached hydrogen (secondary N) is 1. The molecule has 26 heavy (non-hydrogen) atoms. The van der Waals surface area contributed by atoms with E-state index in [2.05, 4.69) is 43.7 Å². The number of hydrogen-bond donors (Lipinski definition) is 1. The van der Waals surface area contributed by atoms with Gasteiger partial charge in [0, 0.05) is 38.5 Å². The van der Waals surface area contributed by atoms with Crippen LogP contribution < -0.4 is 5.32 Å². The van der Waals surface area contributed by atoms with Crippen LogP contribution >= 0.6 is 0 Å². The van der Waals surface area contributed by atoms with Crippen LogP contribution in [0, 0.1) is 0 Å². The average Bonchev–Trinajstić information content (AvgIpc) is 3.29. The second-order valence-electron chi connectivity index (χ2n) is 5.99. The lowest BCUT2D eigenvalue weighted by molar-refractivity contribution is 0.181. The molecular formula is C18H19N7O. The molecule has 0 aliphatic heterocycles. The highest BCUT2D eigenvalue weighted by Gasteiger charge is 2.08. The second kappa shape index (κ2) is 6.93. The number of rotatable bonds is 6. The quantitative estimate of drug-likeness (QED) is 0.575. The smallest absolute Gasteiger partial charge is 0.254 e. The molecule has 0 fully saturated rings. The molecule has 8 nitrogen and oxygen atoms in total. The molecule has 0 amide bonds. The van der Waals surface area contributed by atoms with Crippen molar-refractivity contribution in [2.24, 2.45) is 7.05 Å². The summed E-state index contributed by atoms with van der Waals surface area (Å²) in [7, 11) is 3.56. The minimum absolute atomic E-state index is 0.425. The Hall–Kier alpha value is -3.26. The first kappa shape index (κ1) is 16.2. The number of aryl methyl sites for hydroxylation is 1. The summed E-state index contributed by atoms with van der Waals surface area (Å²) >= 11 is 0. The van der Waals surface area contributed by atoms with Gasteiger partial charge in [-0.1, -0.05) is 18.2 Å². The van der Waals surface area contributed by atoms with Crippen molar-refractivity contribution in [1.82, 2.24) is 29.4 Å². The van der Waals surface area contributed by atoms with Gasteiger partial charge in [0.15, 0.2) is 0 Å². The van der Waals surface area contributed by atoms with Crippen LogP contribution in [-0.2, 0) is 24.9 Å². The molecule has 0 saturated heterocycles. The van der Waals surface area contributed by atoms with Crippen LogP contribution in [-0.4, -0.2) is 36.5 Å². The fourth-order valence-electron chi connectivity index (χ4n) is 2.83. The lowest BCUT2D eigenvalue weighted by atomic mass is 10.1. The molecule has 1 N–H and O–H groups in total. The van der Waals surface area contributed by atoms with E-state index in [1.807, 2.05) is 31.6 Å². The molecule has 0 aliphatic carbocycles. The van der Waals surface area contributed by atoms with Crippen molar-refractivity contribution < 1.29 is 4.74 Å². The maximum Gasteiger partial charge on any atom is 0.254 e. The molecule has 0 spiro atoms. The van der Waals surface area contributed by atoms with Crippen LogP contribution in [0.2, 0.25) is 0 Å². The summed E-state index contributed by atoms with van der Waals surface area (Å²) in [5.74, 6) is 1.37. The van der Waals surface area contributed by atoms with Gasteiger partial charge in [0.1, 0.15) is 12.1 Å². The minimum Gasteiger partial charge on any atom is -0.378 e. The number of fused-ring (bicyclic) bond motifs is 1. The number of methoxy groups -OCH3 is 1. The number of hydrogen-bond acceptors (Lipinski definition) is 6. The second-order valence-corrected chi connectivity index (χ2v) is 5.99. The van der Waals surface area contributed by atoms with Crippen LogP contribution in [0.1, 0.15) is 11.3 Å². The summed E-state index contributed by atoms with van der Waals surface area (Å²) < 4.78 is 8.67. The van der Waals surface area contributed by atoms with Crippen LogP contribution in [0.4, 0.5) is 5.82 Å². The van der Waals surface area contributed by atoms with E-state index in [4.69, 9.17) is 4.74 Å². The predicted molar refractivity (Wildman–Crippen MR) is 97.5 cm³/mol. The molecule has 4 rings (SSSR count). The van der Waals surface area contributed by atoms with Crippen LogP contribution in [0.25, 0.3) is 16.9 Å². The molecule has 0 aliphatic rings. The lowest BCUT2D eigenvalue weighted by Crippen LogP contribution is -2.08. The molecule has 0 radical (unpaired) electrons. The van der Waals surface area contributed by atoms with Crippen LogP contribution in [0.15, 0.2) is 49.1 Å². The summed E-state index contributed by atoms with van der Waals surface area (Å²) in [6, 6.07) is 10.3. The van der Waals surface area contributed by atoms with Gasteiger partial charge in [-0.25, -0.2) is 4.98 Å². The Morgan fingerprint density at radius 2 is 2.08 bits per heavy atom. The number of anilines is 1. The van der Waals surface area contributed by atoms with E-state index in [0.717, 1.165) is 28.2 Å². The van der Waals surface area contributed by atoms with Gasteiger partial charge in [0.05, 0.1) is 18.5 Å². The van der Waals surface area contributed by atoms with E-state index < -0.39 is 0 Å². The Bertz CT molecular complexity index is 1040. The van der Waals surface area contributed by atoms with Gasteiger partial charge in [0.2, 0.25) is 0 Å². The van der Waals surface area contributed by atoms with Gasteiger partial charge in [0.25, 0.3) is 5.78 Å². The largest absolute Gasteiger partial charge is 0.378 e. The zero-order chi connectivity index (χ0) is 17.9. The number of aromatic nitrogens is 6. The van der Waals surface area contributed by atoms with Gasteiger partial charge >= 0.3 is 0 Å². The van der Waals surface area contributed by atoms with Crippen LogP contribution in [0.5, 0.6) is 0 Å². The van der Waals surface area contributed by atoms with E-state index in [0.29, 0.717) is 18.9 Å². The van der Waals surface area contributed by atoms with Crippen molar-refractivity contribution in [2.45, 2.75) is 13.2 Å². The molecule has 3 heterocycles. The van der Waals surface area contributed by atoms with Crippen molar-refractivity contribution >= 4 is 11.6 Å². The third-order valence-corrected chi connectivity index (χ3v) is 4.04. The van der Waals surface area contributed by atoms with Gasteiger partial charge in [-0.05, 0) is 17.2 Å². The van der Waals surface area contributed by atoms with E-state index in [1.54, 1.807) is 16.3 Å². The zero-order valence-corrected chi connectivity index (χ0v) is 14.6. The van der Waals surface area contributed by atoms with Gasteiger partial charge in [-0.3, -0.25) is 4.68 Å². The summed E-state index contributed by atoms with van der Waals surface area (Å²) in [5, 5.41) is 11.9. The monoisotopic (exact) mass is 349 g/mol. The SMILES string of the molecule is COCc1cc(NCc2cccc(-c3cnn(C)c3)c2)n2ncnc2n1. The minimum atomic E-state index is 0.425. The molecule has 8 heteroatoms. The normalized spacial score (nSPS) is 11.2. The Balaban J connectivity index is 1.57. The molecule has 0 bridgehead atoms. The van der Waals surface area contributed by atoms with Gasteiger partial charge in [-0.15, -0.1) is 0 Å². The molecule has 0 atom stereocenters. The fourth-order valence-corrected chi connectivity index (χ4v) is 2.83. The zero-order valence-electron chi connectivity index (χ0n) is 14.6. The molecular weight excluding hydrogens is 330 g/mol. The molecule has 4 aromatic rings. The summed E-state index contributed by atoms with van der Waals surface area (Å²) in [6.45, 7) is 1.08. The first-order valence-corrected chi connectivity index (χ1v) is 8.23. The molecule has 132 valence electrons. The van der Waals surface area contributed by atoms with E-state index in [-0.39, 0.29) is 0 Å². The fraction of sp³-hybridized carbons (Fsp3) is 0.222. The highest BCUT2D eigenvalue weighted by Crippen LogP contribution is 2.20. The predicted octanol–water partition coefficient (Wildman–Crippen LogP) is 2.28. The maximum atomic E-state index is 5.18. The lowest BCUT2D eigenvalue weighted by Gasteiger charge is -2.10. The van der Waals surface area contributed by atoms with Gasteiger partial charge < -0.3 is 10.1 Å². The van der Waals surface area contributed by atoms with Crippen molar-refractivity contribution in [2.75, 3.05) is 12.4 Å². The van der Waals surface area contributed by atoms with E-state index in [9.17, 15) is 0 Å². The van der Waals surface area contributed by atoms with Crippen molar-refractivity contribution in [1.29, 1.82) is 0 Å². The highest BCUT2D eigenvalue weighted by molar-refractivity contribution is 5.62.